The minimum absolute atomic E-state index is 0.0482. The number of nitrogens with two attached hydrogens (primary N) is 1. The van der Waals surface area contributed by atoms with Crippen molar-refractivity contribution in [1.29, 1.82) is 0 Å². The number of hydrogen-bond donors (Lipinski definition) is 8. The van der Waals surface area contributed by atoms with Gasteiger partial charge in [0, 0.05) is 60.8 Å². The number of nitrogen functional groups attached to an aromatic ring is 1. The van der Waals surface area contributed by atoms with E-state index in [2.05, 4.69) is 57.1 Å². The van der Waals surface area contributed by atoms with Gasteiger partial charge in [-0.3, -0.25) is 43.9 Å². The van der Waals surface area contributed by atoms with Crippen LogP contribution in [0.15, 0.2) is 146 Å². The molecule has 0 aliphatic carbocycles. The molecule has 520 valence electrons. The highest BCUT2D eigenvalue weighted by Gasteiger charge is 2.31. The van der Waals surface area contributed by atoms with E-state index >= 15 is 0 Å². The van der Waals surface area contributed by atoms with Crippen molar-refractivity contribution in [2.75, 3.05) is 58.6 Å². The highest BCUT2D eigenvalue weighted by atomic mass is 35.5. The average molecular weight is 1490 g/mol. The standard InChI is InChI=1S/C26H26Cl2N6O4.C21H18Cl2N6O3.C21H16Cl2N4O4/c1-26(2,3)24(36)33-32-23(35)15-12-14(37-4)13-18(38-5)19(15)21-22(34-11-7-10-29-25(34)31-21)30-20-16(27)8-6-9-17(20)28;1-31-11-9-12(20(30)28-24)16(15(10-11)32-2)18-19(29-8-4-7-25-21(29)27-18)26-17-13(22)5-3-6-14(17)23;1-30-11-9-12(20(28)29)16(15(10-11)31-2)18-19(27-8-4-7-24-21(27)26-18)25-17-13(22)5-3-6-14(17)23/h6-13,30H,1-5H3,(H,32,35)(H,33,36);3-10,26H,24H2,1-2H3,(H,28,30);3-10,25H,1-2H3,(H,28,29). The van der Waals surface area contributed by atoms with Gasteiger partial charge < -0.3 is 49.5 Å². The molecule has 6 heterocycles. The Hall–Kier alpha value is -11.0. The second-order valence-electron chi connectivity index (χ2n) is 22.2. The number of halogens is 6. The number of carboxylic acid groups (broad SMARTS) is 1. The minimum atomic E-state index is -1.17. The number of anilines is 6. The quantitative estimate of drug-likeness (QED) is 0.0225. The van der Waals surface area contributed by atoms with Crippen LogP contribution in [0, 0.1) is 5.41 Å². The molecule has 0 bridgehead atoms. The number of carbonyl (C=O) groups is 4. The Bertz CT molecular complexity index is 5100. The van der Waals surface area contributed by atoms with Gasteiger partial charge in [0.1, 0.15) is 69.0 Å². The zero-order valence-electron chi connectivity index (χ0n) is 54.8. The van der Waals surface area contributed by atoms with E-state index in [1.807, 2.05) is 0 Å². The summed E-state index contributed by atoms with van der Waals surface area (Å²) in [5.41, 5.74) is 9.97. The van der Waals surface area contributed by atoms with Gasteiger partial charge in [0.2, 0.25) is 23.2 Å². The molecule has 0 radical (unpaired) electrons. The molecule has 12 aromatic rings. The van der Waals surface area contributed by atoms with Gasteiger partial charge in [-0.2, -0.15) is 0 Å². The normalized spacial score (nSPS) is 11.0. The van der Waals surface area contributed by atoms with Crippen molar-refractivity contribution < 1.29 is 52.7 Å². The number of aromatic nitrogens is 9. The van der Waals surface area contributed by atoms with Gasteiger partial charge in [0.15, 0.2) is 0 Å². The van der Waals surface area contributed by atoms with Crippen LogP contribution in [0.25, 0.3) is 51.1 Å². The molecule has 27 nitrogen and oxygen atoms in total. The molecule has 0 saturated heterocycles. The third kappa shape index (κ3) is 15.4. The third-order valence-corrected chi connectivity index (χ3v) is 16.8. The lowest BCUT2D eigenvalue weighted by atomic mass is 9.96. The number of para-hydroxylation sites is 3. The summed E-state index contributed by atoms with van der Waals surface area (Å²) in [4.78, 5) is 77.5. The maximum atomic E-state index is 13.4. The first-order chi connectivity index (χ1) is 48.5. The molecule has 0 aliphatic heterocycles. The monoisotopic (exact) mass is 1490 g/mol. The molecule has 101 heavy (non-hydrogen) atoms. The zero-order valence-corrected chi connectivity index (χ0v) is 59.3. The van der Waals surface area contributed by atoms with Crippen molar-refractivity contribution in [3.05, 3.63) is 193 Å². The van der Waals surface area contributed by atoms with Gasteiger partial charge >= 0.3 is 5.97 Å². The van der Waals surface area contributed by atoms with E-state index in [9.17, 15) is 24.3 Å². The van der Waals surface area contributed by atoms with E-state index in [1.54, 1.807) is 168 Å². The lowest BCUT2D eigenvalue weighted by molar-refractivity contribution is -0.129. The summed E-state index contributed by atoms with van der Waals surface area (Å²) in [6.07, 6.45) is 10.1. The number of hydrogen-bond acceptors (Lipinski definition) is 20. The molecule has 6 aromatic heterocycles. The van der Waals surface area contributed by atoms with Gasteiger partial charge in [-0.1, -0.05) is 109 Å². The summed E-state index contributed by atoms with van der Waals surface area (Å²) in [7, 11) is 8.79. The van der Waals surface area contributed by atoms with Crippen molar-refractivity contribution in [2.24, 2.45) is 11.3 Å². The van der Waals surface area contributed by atoms with Crippen molar-refractivity contribution >= 4 is 145 Å². The summed E-state index contributed by atoms with van der Waals surface area (Å²) >= 11 is 38.4. The maximum Gasteiger partial charge on any atom is 0.336 e. The Morgan fingerprint density at radius 2 is 0.743 bits per heavy atom. The lowest BCUT2D eigenvalue weighted by Gasteiger charge is -2.20. The number of carboxylic acids is 1. The van der Waals surface area contributed by atoms with Crippen LogP contribution in [0.1, 0.15) is 51.8 Å². The fourth-order valence-electron chi connectivity index (χ4n) is 10.1. The van der Waals surface area contributed by atoms with Gasteiger partial charge in [0.05, 0.1) is 123 Å². The smallest absolute Gasteiger partial charge is 0.336 e. The largest absolute Gasteiger partial charge is 0.497 e. The number of benzene rings is 6. The molecule has 9 N–H and O–H groups in total. The Morgan fingerprint density at radius 1 is 0.436 bits per heavy atom. The van der Waals surface area contributed by atoms with E-state index in [0.717, 1.165) is 0 Å². The van der Waals surface area contributed by atoms with Crippen LogP contribution in [-0.2, 0) is 4.79 Å². The van der Waals surface area contributed by atoms with Crippen molar-refractivity contribution in [3.8, 4) is 68.3 Å². The van der Waals surface area contributed by atoms with Crippen LogP contribution >= 0.6 is 69.6 Å². The summed E-state index contributed by atoms with van der Waals surface area (Å²) in [6, 6.07) is 29.9. The number of aromatic carboxylic acids is 1. The Morgan fingerprint density at radius 3 is 1.03 bits per heavy atom. The Balaban J connectivity index is 0.000000164. The number of imidazole rings is 3. The highest BCUT2D eigenvalue weighted by Crippen LogP contribution is 2.47. The van der Waals surface area contributed by atoms with E-state index in [4.69, 9.17) is 109 Å². The number of carbonyl (C=O) groups excluding carboxylic acids is 3. The first kappa shape index (κ1) is 72.7. The van der Waals surface area contributed by atoms with Crippen LogP contribution in [-0.4, -0.2) is 115 Å². The minimum Gasteiger partial charge on any atom is -0.497 e. The van der Waals surface area contributed by atoms with E-state index in [-0.39, 0.29) is 33.9 Å². The third-order valence-electron chi connectivity index (χ3n) is 15.0. The lowest BCUT2D eigenvalue weighted by Crippen LogP contribution is -2.46. The first-order valence-corrected chi connectivity index (χ1v) is 32.0. The summed E-state index contributed by atoms with van der Waals surface area (Å²) in [5, 5.41) is 21.9. The fraction of sp³-hybridized carbons (Fsp3) is 0.147. The number of nitrogens with zero attached hydrogens (tertiary/aromatic N) is 9. The predicted molar refractivity (Wildman–Crippen MR) is 387 cm³/mol. The zero-order chi connectivity index (χ0) is 72.6. The van der Waals surface area contributed by atoms with Gasteiger partial charge in [-0.15, -0.1) is 0 Å². The summed E-state index contributed by atoms with van der Waals surface area (Å²) in [6.45, 7) is 5.20. The Labute approximate surface area is 605 Å². The van der Waals surface area contributed by atoms with Crippen molar-refractivity contribution in [1.82, 2.24) is 59.4 Å². The predicted octanol–water partition coefficient (Wildman–Crippen LogP) is 14.5. The van der Waals surface area contributed by atoms with Crippen molar-refractivity contribution in [3.63, 3.8) is 0 Å². The SMILES string of the molecule is COc1cc(OC)c(-c2nc3ncccn3c2Nc2c(Cl)cccc2Cl)c(C(=O)NN)c1.COc1cc(OC)c(-c2nc3ncccn3c2Nc2c(Cl)cccc2Cl)c(C(=O)NNC(=O)C(C)(C)C)c1.COc1cc(OC)c(-c2nc3ncccn3c2Nc2c(Cl)cccc2Cl)c(C(=O)O)c1. The van der Waals surface area contributed by atoms with Crippen LogP contribution in [0.4, 0.5) is 34.5 Å². The molecular weight excluding hydrogens is 1430 g/mol. The van der Waals surface area contributed by atoms with Gasteiger partial charge in [-0.25, -0.2) is 40.5 Å². The van der Waals surface area contributed by atoms with E-state index < -0.39 is 23.2 Å². The van der Waals surface area contributed by atoms with Crippen molar-refractivity contribution in [2.45, 2.75) is 20.8 Å². The summed E-state index contributed by atoms with van der Waals surface area (Å²) in [5.74, 6) is 7.17. The number of hydrazine groups is 2. The van der Waals surface area contributed by atoms with Crippen LogP contribution < -0.4 is 66.5 Å². The van der Waals surface area contributed by atoms with Crippen LogP contribution in [0.2, 0.25) is 30.1 Å². The van der Waals surface area contributed by atoms with E-state index in [1.165, 1.54) is 54.8 Å². The number of amides is 3. The number of rotatable bonds is 18. The summed E-state index contributed by atoms with van der Waals surface area (Å²) < 4.78 is 37.7. The maximum absolute atomic E-state index is 13.4. The molecule has 3 amide bonds. The fourth-order valence-corrected chi connectivity index (χ4v) is 11.5. The molecule has 6 aromatic carbocycles. The molecule has 0 fully saturated rings. The van der Waals surface area contributed by atoms with E-state index in [0.29, 0.717) is 139 Å². The molecular formula is C68H60Cl6N16O11. The number of methoxy groups -OCH3 is 6. The molecule has 0 unspecified atom stereocenters. The molecule has 0 saturated carbocycles. The highest BCUT2D eigenvalue weighted by molar-refractivity contribution is 6.40. The average Bonchev–Trinajstić information content (AvgIpc) is 1.65. The second kappa shape index (κ2) is 31.4. The first-order valence-electron chi connectivity index (χ1n) is 29.7. The Kier molecular flexibility index (Phi) is 22.6. The molecule has 12 rings (SSSR count). The van der Waals surface area contributed by atoms with Crippen LogP contribution in [0.5, 0.6) is 34.5 Å². The molecule has 0 spiro atoms. The van der Waals surface area contributed by atoms with Gasteiger partial charge in [-0.05, 0) is 72.8 Å². The van der Waals surface area contributed by atoms with Gasteiger partial charge in [0.25, 0.3) is 11.8 Å². The topological polar surface area (TPSA) is 333 Å². The second-order valence-corrected chi connectivity index (χ2v) is 24.6. The number of ether oxygens (including phenoxy) is 6. The van der Waals surface area contributed by atoms with Crippen LogP contribution in [0.3, 0.4) is 0 Å². The molecule has 0 atom stereocenters. The number of fused-ring (bicyclic) bond motifs is 3. The molecule has 33 heteroatoms. The molecule has 0 aliphatic rings. The number of nitrogens with one attached hydrogen (secondary N) is 6.